The van der Waals surface area contributed by atoms with Crippen LogP contribution in [0, 0.1) is 0 Å². The molecule has 0 N–H and O–H groups in total. The Kier molecular flexibility index (Phi) is 40.7. The third-order valence-corrected chi connectivity index (χ3v) is 9.06. The first-order chi connectivity index (χ1) is 27.7. The number of rotatable bonds is 47. The Labute approximate surface area is 337 Å². The fraction of sp³-hybridized carbons (Fsp3) is 0.850. The molecular weight excluding hydrogens is 752 g/mol. The maximum Gasteiger partial charge on any atom is 0.297 e. The number of unbranched alkanes of at least 4 members (excludes halogenated alkanes) is 7. The molecule has 0 aliphatic carbocycles. The second kappa shape index (κ2) is 43.2. The molecule has 15 nitrogen and oxygen atoms in total. The van der Waals surface area contributed by atoms with Crippen molar-refractivity contribution < 1.29 is 69.4 Å². The lowest BCUT2D eigenvalue weighted by atomic mass is 10.1. The molecule has 16 heteroatoms. The third-order valence-electron chi connectivity index (χ3n) is 7.73. The molecule has 0 heterocycles. The molecule has 0 fully saturated rings. The summed E-state index contributed by atoms with van der Waals surface area (Å²) in [6.45, 7) is 14.0. The van der Waals surface area contributed by atoms with Crippen LogP contribution in [0.4, 0.5) is 0 Å². The monoisotopic (exact) mass is 826 g/mol. The highest BCUT2D eigenvalue weighted by Gasteiger charge is 2.13. The highest BCUT2D eigenvalue weighted by Crippen LogP contribution is 2.11. The van der Waals surface area contributed by atoms with Gasteiger partial charge in [0.2, 0.25) is 0 Å². The van der Waals surface area contributed by atoms with Crippen LogP contribution in [-0.2, 0) is 71.1 Å². The lowest BCUT2D eigenvalue weighted by Gasteiger charge is -2.09. The normalized spacial score (nSPS) is 11.9. The van der Waals surface area contributed by atoms with Crippen LogP contribution in [0.15, 0.2) is 35.2 Å². The van der Waals surface area contributed by atoms with E-state index in [-0.39, 0.29) is 18.1 Å². The molecule has 1 aromatic carbocycles. The van der Waals surface area contributed by atoms with Crippen molar-refractivity contribution in [1.82, 2.24) is 0 Å². The average molecular weight is 827 g/mol. The van der Waals surface area contributed by atoms with E-state index in [2.05, 4.69) is 6.92 Å². The highest BCUT2D eigenvalue weighted by atomic mass is 32.2. The molecule has 1 aromatic rings. The van der Waals surface area contributed by atoms with E-state index < -0.39 is 10.1 Å². The molecule has 0 aliphatic heterocycles. The van der Waals surface area contributed by atoms with Crippen LogP contribution in [0.3, 0.4) is 0 Å². The van der Waals surface area contributed by atoms with Gasteiger partial charge < -0.3 is 56.8 Å². The van der Waals surface area contributed by atoms with E-state index in [9.17, 15) is 8.42 Å². The van der Waals surface area contributed by atoms with Gasteiger partial charge in [0.15, 0.2) is 0 Å². The summed E-state index contributed by atoms with van der Waals surface area (Å²) >= 11 is 0. The largest absolute Gasteiger partial charge is 0.379 e. The molecule has 0 atom stereocenters. The SMILES string of the molecule is CCCCCCCCCCOCCOCCOCCOCCOCCOCCOCCOCCOCCOCCOCCOCCOS(=O)(=O)c1ccccc1. The zero-order valence-corrected chi connectivity index (χ0v) is 35.1. The van der Waals surface area contributed by atoms with Crippen LogP contribution >= 0.6 is 0 Å². The predicted molar refractivity (Wildman–Crippen MR) is 212 cm³/mol. The number of ether oxygens (including phenoxy) is 12. The van der Waals surface area contributed by atoms with Gasteiger partial charge in [-0.2, -0.15) is 8.42 Å². The molecule has 0 bridgehead atoms. The molecule has 0 aromatic heterocycles. The lowest BCUT2D eigenvalue weighted by molar-refractivity contribution is -0.0285. The van der Waals surface area contributed by atoms with Gasteiger partial charge in [0.25, 0.3) is 10.1 Å². The molecule has 0 saturated heterocycles. The maximum atomic E-state index is 12.0. The summed E-state index contributed by atoms with van der Waals surface area (Å²) in [5.41, 5.74) is 0. The van der Waals surface area contributed by atoms with Crippen molar-refractivity contribution in [3.63, 3.8) is 0 Å². The van der Waals surface area contributed by atoms with Crippen molar-refractivity contribution in [2.45, 2.75) is 63.2 Å². The van der Waals surface area contributed by atoms with E-state index in [1.165, 1.54) is 57.1 Å². The molecule has 1 rings (SSSR count). The molecule has 330 valence electrons. The van der Waals surface area contributed by atoms with Crippen molar-refractivity contribution in [3.8, 4) is 0 Å². The zero-order chi connectivity index (χ0) is 40.1. The van der Waals surface area contributed by atoms with Crippen LogP contribution in [0.1, 0.15) is 58.3 Å². The van der Waals surface area contributed by atoms with Crippen molar-refractivity contribution >= 4 is 10.1 Å². The van der Waals surface area contributed by atoms with Crippen LogP contribution in [0.25, 0.3) is 0 Å². The van der Waals surface area contributed by atoms with Gasteiger partial charge >= 0.3 is 0 Å². The second-order valence-corrected chi connectivity index (χ2v) is 14.0. The van der Waals surface area contributed by atoms with Gasteiger partial charge in [-0.05, 0) is 18.6 Å². The molecule has 0 amide bonds. The molecule has 0 aliphatic rings. The van der Waals surface area contributed by atoms with Crippen LogP contribution in [0.2, 0.25) is 0 Å². The minimum Gasteiger partial charge on any atom is -0.379 e. The van der Waals surface area contributed by atoms with E-state index in [0.29, 0.717) is 145 Å². The highest BCUT2D eigenvalue weighted by molar-refractivity contribution is 7.86. The first-order valence-electron chi connectivity index (χ1n) is 20.5. The smallest absolute Gasteiger partial charge is 0.297 e. The van der Waals surface area contributed by atoms with E-state index in [4.69, 9.17) is 61.0 Å². The fourth-order valence-corrected chi connectivity index (χ4v) is 5.63. The van der Waals surface area contributed by atoms with E-state index in [1.54, 1.807) is 18.2 Å². The Morgan fingerprint density at radius 3 is 0.875 bits per heavy atom. The third kappa shape index (κ3) is 38.2. The van der Waals surface area contributed by atoms with Crippen LogP contribution in [0.5, 0.6) is 0 Å². The minimum absolute atomic E-state index is 0.0591. The minimum atomic E-state index is -3.76. The standard InChI is InChI=1S/C40H74O15S/c1-2-3-4-5-6-7-8-12-15-43-16-17-44-18-19-45-20-21-46-22-23-47-24-25-48-26-27-49-28-29-50-30-31-51-32-33-52-34-35-53-36-37-54-38-39-55-56(41,42)40-13-10-9-11-14-40/h9-11,13-14H,2-8,12,15-39H2,1H3. The Bertz CT molecular complexity index is 1010. The van der Waals surface area contributed by atoms with Gasteiger partial charge in [0.1, 0.15) is 0 Å². The lowest BCUT2D eigenvalue weighted by Crippen LogP contribution is -2.16. The number of benzene rings is 1. The summed E-state index contributed by atoms with van der Waals surface area (Å²) in [5.74, 6) is 0. The second-order valence-electron chi connectivity index (χ2n) is 12.4. The molecule has 0 unspecified atom stereocenters. The number of hydrogen-bond donors (Lipinski definition) is 0. The van der Waals surface area contributed by atoms with Crippen molar-refractivity contribution in [1.29, 1.82) is 0 Å². The van der Waals surface area contributed by atoms with Gasteiger partial charge in [0.05, 0.1) is 163 Å². The van der Waals surface area contributed by atoms with Crippen LogP contribution < -0.4 is 0 Å². The van der Waals surface area contributed by atoms with E-state index >= 15 is 0 Å². The quantitative estimate of drug-likeness (QED) is 0.0657. The van der Waals surface area contributed by atoms with Gasteiger partial charge in [-0.15, -0.1) is 0 Å². The van der Waals surface area contributed by atoms with Gasteiger partial charge in [0, 0.05) is 6.61 Å². The molecule has 0 saturated carbocycles. The molecular formula is C40H74O15S. The summed E-state index contributed by atoms with van der Waals surface area (Å²) < 4.78 is 94.8. The van der Waals surface area contributed by atoms with Gasteiger partial charge in [-0.3, -0.25) is 4.18 Å². The first kappa shape index (κ1) is 52.7. The summed E-state index contributed by atoms with van der Waals surface area (Å²) in [6.07, 6.45) is 10.5. The van der Waals surface area contributed by atoms with E-state index in [0.717, 1.165) is 13.0 Å². The summed E-state index contributed by atoms with van der Waals surface area (Å²) in [6, 6.07) is 7.99. The van der Waals surface area contributed by atoms with Crippen LogP contribution in [-0.4, -0.2) is 174 Å². The Balaban J connectivity index is 1.63. The molecule has 56 heavy (non-hydrogen) atoms. The van der Waals surface area contributed by atoms with Crippen molar-refractivity contribution in [2.75, 3.05) is 165 Å². The summed E-state index contributed by atoms with van der Waals surface area (Å²) in [7, 11) is -3.76. The van der Waals surface area contributed by atoms with Gasteiger partial charge in [-0.25, -0.2) is 0 Å². The fourth-order valence-electron chi connectivity index (χ4n) is 4.72. The first-order valence-corrected chi connectivity index (χ1v) is 21.9. The predicted octanol–water partition coefficient (Wildman–Crippen LogP) is 4.73. The van der Waals surface area contributed by atoms with Gasteiger partial charge in [-0.1, -0.05) is 70.1 Å². The maximum absolute atomic E-state index is 12.0. The average Bonchev–Trinajstić information content (AvgIpc) is 3.21. The van der Waals surface area contributed by atoms with E-state index in [1.807, 2.05) is 0 Å². The Morgan fingerprint density at radius 1 is 0.321 bits per heavy atom. The molecule has 0 spiro atoms. The Hall–Kier alpha value is -1.35. The summed E-state index contributed by atoms with van der Waals surface area (Å²) in [4.78, 5) is 0.121. The number of hydrogen-bond acceptors (Lipinski definition) is 15. The summed E-state index contributed by atoms with van der Waals surface area (Å²) in [5, 5.41) is 0. The Morgan fingerprint density at radius 2 is 0.571 bits per heavy atom. The topological polar surface area (TPSA) is 154 Å². The zero-order valence-electron chi connectivity index (χ0n) is 34.3. The molecule has 0 radical (unpaired) electrons. The van der Waals surface area contributed by atoms with Crippen molar-refractivity contribution in [2.24, 2.45) is 0 Å². The van der Waals surface area contributed by atoms with Crippen molar-refractivity contribution in [3.05, 3.63) is 30.3 Å².